The molecule has 1 fully saturated rings. The predicted octanol–water partition coefficient (Wildman–Crippen LogP) is 3.12. The maximum absolute atomic E-state index is 4.51. The van der Waals surface area contributed by atoms with Crippen molar-refractivity contribution in [1.29, 1.82) is 0 Å². The summed E-state index contributed by atoms with van der Waals surface area (Å²) in [5.41, 5.74) is 1.22. The quantitative estimate of drug-likeness (QED) is 0.722. The Kier molecular flexibility index (Phi) is 3.29. The summed E-state index contributed by atoms with van der Waals surface area (Å²) in [7, 11) is 0. The van der Waals surface area contributed by atoms with Gasteiger partial charge in [0.15, 0.2) is 0 Å². The van der Waals surface area contributed by atoms with E-state index in [1.165, 1.54) is 12.2 Å². The molecule has 3 atom stereocenters. The van der Waals surface area contributed by atoms with Crippen molar-refractivity contribution < 1.29 is 0 Å². The molecule has 1 aliphatic heterocycles. The molecule has 0 amide bonds. The first kappa shape index (κ1) is 11.6. The summed E-state index contributed by atoms with van der Waals surface area (Å²) >= 11 is 0. The van der Waals surface area contributed by atoms with Gasteiger partial charge >= 0.3 is 0 Å². The summed E-state index contributed by atoms with van der Waals surface area (Å²) in [5, 5.41) is 0. The molecule has 2 heteroatoms. The zero-order valence-electron chi connectivity index (χ0n) is 10.7. The van der Waals surface area contributed by atoms with Crippen LogP contribution in [0, 0.1) is 11.8 Å². The van der Waals surface area contributed by atoms with Crippen molar-refractivity contribution in [2.75, 3.05) is 6.54 Å². The van der Waals surface area contributed by atoms with E-state index in [1.807, 2.05) is 12.3 Å². The minimum absolute atomic E-state index is 0.494. The second kappa shape index (κ2) is 4.54. The van der Waals surface area contributed by atoms with E-state index in [1.54, 1.807) is 0 Å². The summed E-state index contributed by atoms with van der Waals surface area (Å²) < 4.78 is 0. The van der Waals surface area contributed by atoms with Crippen molar-refractivity contribution in [3.05, 3.63) is 30.1 Å². The minimum atomic E-state index is 0.494. The van der Waals surface area contributed by atoms with Crippen LogP contribution in [0.4, 0.5) is 0 Å². The van der Waals surface area contributed by atoms with E-state index in [0.29, 0.717) is 12.0 Å². The van der Waals surface area contributed by atoms with Gasteiger partial charge in [-0.05, 0) is 24.0 Å². The van der Waals surface area contributed by atoms with Crippen molar-refractivity contribution in [2.45, 2.75) is 39.8 Å². The lowest BCUT2D eigenvalue weighted by Gasteiger charge is -2.23. The molecule has 16 heavy (non-hydrogen) atoms. The summed E-state index contributed by atoms with van der Waals surface area (Å²) in [4.78, 5) is 7.09. The summed E-state index contributed by atoms with van der Waals surface area (Å²) in [6.45, 7) is 10.4. The van der Waals surface area contributed by atoms with Crippen LogP contribution in [0.5, 0.6) is 0 Å². The van der Waals surface area contributed by atoms with Crippen LogP contribution in [0.15, 0.2) is 24.4 Å². The lowest BCUT2D eigenvalue weighted by Crippen LogP contribution is -2.20. The maximum Gasteiger partial charge on any atom is 0.0578 e. The Labute approximate surface area is 98.7 Å². The first-order valence-electron chi connectivity index (χ1n) is 6.28. The van der Waals surface area contributed by atoms with Crippen LogP contribution in [0.25, 0.3) is 0 Å². The Bertz CT molecular complexity index is 332. The molecule has 1 saturated heterocycles. The SMILES string of the molecule is CC(C)[C@@H](c1ccccn1)N1C[C@H]1C(C)C. The fourth-order valence-corrected chi connectivity index (χ4v) is 2.53. The molecule has 2 heterocycles. The zero-order valence-corrected chi connectivity index (χ0v) is 10.7. The minimum Gasteiger partial charge on any atom is -0.288 e. The maximum atomic E-state index is 4.51. The molecule has 0 N–H and O–H groups in total. The lowest BCUT2D eigenvalue weighted by molar-refractivity contribution is 0.274. The van der Waals surface area contributed by atoms with Crippen LogP contribution in [-0.4, -0.2) is 22.5 Å². The van der Waals surface area contributed by atoms with Gasteiger partial charge in [-0.3, -0.25) is 9.88 Å². The van der Waals surface area contributed by atoms with Crippen molar-refractivity contribution in [1.82, 2.24) is 9.88 Å². The predicted molar refractivity (Wildman–Crippen MR) is 67.1 cm³/mol. The van der Waals surface area contributed by atoms with Crippen molar-refractivity contribution in [2.24, 2.45) is 11.8 Å². The van der Waals surface area contributed by atoms with Crippen molar-refractivity contribution >= 4 is 0 Å². The van der Waals surface area contributed by atoms with E-state index in [4.69, 9.17) is 0 Å². The van der Waals surface area contributed by atoms with Crippen LogP contribution >= 0.6 is 0 Å². The van der Waals surface area contributed by atoms with E-state index in [2.05, 4.69) is 49.7 Å². The van der Waals surface area contributed by atoms with Gasteiger partial charge in [0.1, 0.15) is 0 Å². The second-order valence-electron chi connectivity index (χ2n) is 5.45. The van der Waals surface area contributed by atoms with Gasteiger partial charge in [-0.2, -0.15) is 0 Å². The molecule has 0 bridgehead atoms. The molecule has 0 aromatic carbocycles. The zero-order chi connectivity index (χ0) is 11.7. The molecule has 88 valence electrons. The normalized spacial score (nSPS) is 26.1. The molecular formula is C14H22N2. The van der Waals surface area contributed by atoms with Gasteiger partial charge in [0.2, 0.25) is 0 Å². The van der Waals surface area contributed by atoms with Crippen LogP contribution < -0.4 is 0 Å². The molecule has 0 spiro atoms. The highest BCUT2D eigenvalue weighted by molar-refractivity contribution is 5.13. The Hall–Kier alpha value is -0.890. The number of rotatable bonds is 4. The molecule has 1 aromatic heterocycles. The van der Waals surface area contributed by atoms with Gasteiger partial charge in [0.05, 0.1) is 11.7 Å². The number of aromatic nitrogens is 1. The molecule has 2 nitrogen and oxygen atoms in total. The molecule has 0 saturated carbocycles. The van der Waals surface area contributed by atoms with Crippen LogP contribution in [-0.2, 0) is 0 Å². The van der Waals surface area contributed by atoms with E-state index in [-0.39, 0.29) is 0 Å². The first-order chi connectivity index (χ1) is 7.61. The fourth-order valence-electron chi connectivity index (χ4n) is 2.53. The standard InChI is InChI=1S/C14H22N2/c1-10(2)13-9-16(13)14(11(3)4)12-7-5-6-8-15-12/h5-8,10-11,13-14H,9H2,1-4H3/t13-,14-,16?/m0/s1. The lowest BCUT2D eigenvalue weighted by atomic mass is 9.99. The molecule has 2 rings (SSSR count). The van der Waals surface area contributed by atoms with E-state index < -0.39 is 0 Å². The largest absolute Gasteiger partial charge is 0.288 e. The fraction of sp³-hybridized carbons (Fsp3) is 0.643. The topological polar surface area (TPSA) is 15.9 Å². The van der Waals surface area contributed by atoms with E-state index in [9.17, 15) is 0 Å². The van der Waals surface area contributed by atoms with Crippen LogP contribution in [0.2, 0.25) is 0 Å². The van der Waals surface area contributed by atoms with Crippen molar-refractivity contribution in [3.63, 3.8) is 0 Å². The Morgan fingerprint density at radius 3 is 2.44 bits per heavy atom. The third kappa shape index (κ3) is 2.27. The smallest absolute Gasteiger partial charge is 0.0578 e. The van der Waals surface area contributed by atoms with Crippen molar-refractivity contribution in [3.8, 4) is 0 Å². The van der Waals surface area contributed by atoms with Crippen LogP contribution in [0.1, 0.15) is 39.4 Å². The molecule has 0 radical (unpaired) electrons. The highest BCUT2D eigenvalue weighted by atomic mass is 15.3. The molecule has 1 unspecified atom stereocenters. The van der Waals surface area contributed by atoms with Gasteiger partial charge in [0, 0.05) is 18.8 Å². The molecule has 0 aliphatic carbocycles. The summed E-state index contributed by atoms with van der Waals surface area (Å²) in [5.74, 6) is 1.38. The van der Waals surface area contributed by atoms with Gasteiger partial charge < -0.3 is 0 Å². The molecule has 1 aliphatic rings. The number of pyridine rings is 1. The number of hydrogen-bond acceptors (Lipinski definition) is 2. The van der Waals surface area contributed by atoms with E-state index in [0.717, 1.165) is 12.0 Å². The Balaban J connectivity index is 2.14. The average Bonchev–Trinajstić information content (AvgIpc) is 2.99. The third-order valence-corrected chi connectivity index (χ3v) is 3.44. The van der Waals surface area contributed by atoms with Gasteiger partial charge in [-0.25, -0.2) is 0 Å². The highest BCUT2D eigenvalue weighted by Crippen LogP contribution is 2.39. The second-order valence-corrected chi connectivity index (χ2v) is 5.45. The van der Waals surface area contributed by atoms with Crippen LogP contribution in [0.3, 0.4) is 0 Å². The van der Waals surface area contributed by atoms with Gasteiger partial charge in [-0.1, -0.05) is 33.8 Å². The average molecular weight is 218 g/mol. The molecular weight excluding hydrogens is 196 g/mol. The monoisotopic (exact) mass is 218 g/mol. The van der Waals surface area contributed by atoms with E-state index >= 15 is 0 Å². The first-order valence-corrected chi connectivity index (χ1v) is 6.28. The van der Waals surface area contributed by atoms with Gasteiger partial charge in [0.25, 0.3) is 0 Å². The van der Waals surface area contributed by atoms with Gasteiger partial charge in [-0.15, -0.1) is 0 Å². The third-order valence-electron chi connectivity index (χ3n) is 3.44. The summed E-state index contributed by atoms with van der Waals surface area (Å²) in [6, 6.07) is 7.48. The highest BCUT2D eigenvalue weighted by Gasteiger charge is 2.43. The molecule has 1 aromatic rings. The number of hydrogen-bond donors (Lipinski definition) is 0. The summed E-state index contributed by atoms with van der Waals surface area (Å²) in [6.07, 6.45) is 1.90. The Morgan fingerprint density at radius 1 is 1.25 bits per heavy atom. The Morgan fingerprint density at radius 2 is 2.00 bits per heavy atom. The number of nitrogens with zero attached hydrogens (tertiary/aromatic N) is 2.